The van der Waals surface area contributed by atoms with Crippen LogP contribution in [-0.4, -0.2) is 58.1 Å². The first-order valence-electron chi connectivity index (χ1n) is 8.48. The molecule has 0 saturated heterocycles. The summed E-state index contributed by atoms with van der Waals surface area (Å²) in [6, 6.07) is 5.60. The highest BCUT2D eigenvalue weighted by atomic mass is 32.2. The topological polar surface area (TPSA) is 69.3 Å². The van der Waals surface area contributed by atoms with Crippen LogP contribution in [0.25, 0.3) is 0 Å². The Hall–Kier alpha value is -1.64. The Balaban J connectivity index is 2.10. The van der Waals surface area contributed by atoms with Gasteiger partial charge in [-0.1, -0.05) is 11.8 Å². The van der Waals surface area contributed by atoms with Crippen LogP contribution in [0, 0.1) is 13.8 Å². The van der Waals surface area contributed by atoms with Gasteiger partial charge in [-0.15, -0.1) is 11.3 Å². The van der Waals surface area contributed by atoms with Gasteiger partial charge in [-0.25, -0.2) is 4.98 Å². The molecular weight excluding hydrogens is 368 g/mol. The highest BCUT2D eigenvalue weighted by Gasteiger charge is 2.23. The number of H-pyrrole nitrogens is 1. The van der Waals surface area contributed by atoms with Crippen LogP contribution in [0.1, 0.15) is 22.4 Å². The summed E-state index contributed by atoms with van der Waals surface area (Å²) in [4.78, 5) is 38.0. The van der Waals surface area contributed by atoms with Crippen LogP contribution in [0.15, 0.2) is 28.2 Å². The summed E-state index contributed by atoms with van der Waals surface area (Å²) in [5, 5.41) is 0.151. The van der Waals surface area contributed by atoms with E-state index in [9.17, 15) is 9.59 Å². The molecule has 0 aliphatic rings. The van der Waals surface area contributed by atoms with Gasteiger partial charge in [0.05, 0.1) is 11.8 Å². The first kappa shape index (κ1) is 20.7. The highest BCUT2D eigenvalue weighted by Crippen LogP contribution is 2.23. The minimum atomic E-state index is -0.330. The van der Waals surface area contributed by atoms with Crippen LogP contribution in [0.3, 0.4) is 0 Å². The zero-order chi connectivity index (χ0) is 19.3. The number of nitrogens with zero attached hydrogens (tertiary/aromatic N) is 3. The minimum Gasteiger partial charge on any atom is -0.335 e. The molecule has 1 atom stereocenters. The van der Waals surface area contributed by atoms with Crippen molar-refractivity contribution >= 4 is 29.0 Å². The largest absolute Gasteiger partial charge is 0.335 e. The molecule has 8 heteroatoms. The van der Waals surface area contributed by atoms with Crippen LogP contribution in [0.4, 0.5) is 0 Å². The average Bonchev–Trinajstić information content (AvgIpc) is 2.94. The summed E-state index contributed by atoms with van der Waals surface area (Å²) in [5.74, 6) is 0.0482. The summed E-state index contributed by atoms with van der Waals surface area (Å²) >= 11 is 3.00. The Morgan fingerprint density at radius 1 is 1.31 bits per heavy atom. The molecule has 2 aromatic rings. The molecule has 26 heavy (non-hydrogen) atoms. The smallest absolute Gasteiger partial charge is 0.251 e. The van der Waals surface area contributed by atoms with E-state index < -0.39 is 0 Å². The minimum absolute atomic E-state index is 0.0482. The number of likely N-dealkylation sites (N-methyl/N-ethyl adjacent to an activating group) is 1. The average molecular weight is 395 g/mol. The van der Waals surface area contributed by atoms with Crippen molar-refractivity contribution < 1.29 is 4.79 Å². The van der Waals surface area contributed by atoms with Crippen LogP contribution in [-0.2, 0) is 11.3 Å². The van der Waals surface area contributed by atoms with Gasteiger partial charge in [-0.3, -0.25) is 9.59 Å². The Labute approximate surface area is 162 Å². The lowest BCUT2D eigenvalue weighted by molar-refractivity contribution is -0.131. The van der Waals surface area contributed by atoms with E-state index in [2.05, 4.69) is 33.9 Å². The Morgan fingerprint density at radius 2 is 2.04 bits per heavy atom. The van der Waals surface area contributed by atoms with Crippen molar-refractivity contribution in [2.75, 3.05) is 27.2 Å². The van der Waals surface area contributed by atoms with E-state index >= 15 is 0 Å². The van der Waals surface area contributed by atoms with E-state index in [1.807, 2.05) is 25.9 Å². The number of aromatic amines is 1. The van der Waals surface area contributed by atoms with Crippen molar-refractivity contribution in [3.8, 4) is 0 Å². The van der Waals surface area contributed by atoms with E-state index in [1.54, 1.807) is 18.3 Å². The molecule has 0 spiro atoms. The van der Waals surface area contributed by atoms with Gasteiger partial charge in [0.2, 0.25) is 5.91 Å². The molecule has 0 aliphatic carbocycles. The van der Waals surface area contributed by atoms with Crippen molar-refractivity contribution in [1.82, 2.24) is 19.8 Å². The lowest BCUT2D eigenvalue weighted by Crippen LogP contribution is -2.40. The third-order valence-electron chi connectivity index (χ3n) is 3.76. The Kier molecular flexibility index (Phi) is 7.43. The van der Waals surface area contributed by atoms with Crippen molar-refractivity contribution in [2.45, 2.75) is 37.7 Å². The lowest BCUT2D eigenvalue weighted by atomic mass is 10.3. The van der Waals surface area contributed by atoms with Crippen molar-refractivity contribution in [3.05, 3.63) is 44.0 Å². The predicted molar refractivity (Wildman–Crippen MR) is 108 cm³/mol. The zero-order valence-corrected chi connectivity index (χ0v) is 17.5. The molecule has 0 aromatic carbocycles. The highest BCUT2D eigenvalue weighted by molar-refractivity contribution is 8.00. The molecule has 2 aromatic heterocycles. The second kappa shape index (κ2) is 9.34. The molecule has 0 radical (unpaired) electrons. The summed E-state index contributed by atoms with van der Waals surface area (Å²) in [7, 11) is 4.00. The normalized spacial score (nSPS) is 12.4. The van der Waals surface area contributed by atoms with E-state index in [4.69, 9.17) is 0 Å². The number of rotatable bonds is 8. The van der Waals surface area contributed by atoms with Gasteiger partial charge in [0.25, 0.3) is 5.56 Å². The lowest BCUT2D eigenvalue weighted by Gasteiger charge is -2.26. The molecule has 1 N–H and O–H groups in total. The molecule has 6 nitrogen and oxygen atoms in total. The number of carbonyl (C=O) groups excluding carboxylic acids is 1. The number of aromatic nitrogens is 2. The maximum absolute atomic E-state index is 13.0. The zero-order valence-electron chi connectivity index (χ0n) is 15.9. The van der Waals surface area contributed by atoms with Crippen LogP contribution < -0.4 is 5.56 Å². The molecule has 142 valence electrons. The second-order valence-electron chi connectivity index (χ2n) is 6.53. The summed E-state index contributed by atoms with van der Waals surface area (Å²) < 4.78 is 0. The van der Waals surface area contributed by atoms with Crippen molar-refractivity contribution in [3.63, 3.8) is 0 Å². The molecule has 0 fully saturated rings. The summed E-state index contributed by atoms with van der Waals surface area (Å²) in [6.07, 6.45) is 0. The van der Waals surface area contributed by atoms with E-state index in [0.717, 1.165) is 6.54 Å². The van der Waals surface area contributed by atoms with Gasteiger partial charge in [-0.05, 0) is 47.0 Å². The molecule has 0 aliphatic heterocycles. The van der Waals surface area contributed by atoms with Crippen molar-refractivity contribution in [2.24, 2.45) is 0 Å². The van der Waals surface area contributed by atoms with Crippen LogP contribution in [0.5, 0.6) is 0 Å². The van der Waals surface area contributed by atoms with Gasteiger partial charge in [-0.2, -0.15) is 0 Å². The van der Waals surface area contributed by atoms with Gasteiger partial charge >= 0.3 is 0 Å². The van der Waals surface area contributed by atoms with E-state index in [-0.39, 0.29) is 16.7 Å². The van der Waals surface area contributed by atoms with Gasteiger partial charge in [0.15, 0.2) is 5.16 Å². The molecule has 2 heterocycles. The number of amides is 1. The predicted octanol–water partition coefficient (Wildman–Crippen LogP) is 2.52. The number of carbonyl (C=O) groups is 1. The van der Waals surface area contributed by atoms with Crippen LogP contribution in [0.2, 0.25) is 0 Å². The number of nitrogens with one attached hydrogen (secondary N) is 1. The number of hydrogen-bond acceptors (Lipinski definition) is 6. The van der Waals surface area contributed by atoms with Gasteiger partial charge < -0.3 is 14.8 Å². The Morgan fingerprint density at radius 3 is 2.62 bits per heavy atom. The van der Waals surface area contributed by atoms with Gasteiger partial charge in [0, 0.05) is 34.6 Å². The number of hydrogen-bond donors (Lipinski definition) is 1. The summed E-state index contributed by atoms with van der Waals surface area (Å²) in [6.45, 7) is 7.76. The second-order valence-corrected chi connectivity index (χ2v) is 9.23. The number of aryl methyl sites for hydroxylation is 2. The van der Waals surface area contributed by atoms with Crippen LogP contribution >= 0.6 is 23.1 Å². The van der Waals surface area contributed by atoms with Crippen molar-refractivity contribution in [1.29, 1.82) is 0 Å². The van der Waals surface area contributed by atoms with Gasteiger partial charge in [0.1, 0.15) is 0 Å². The third kappa shape index (κ3) is 6.26. The fourth-order valence-corrected chi connectivity index (χ4v) is 4.28. The Bertz CT molecular complexity index is 800. The molecule has 1 amide bonds. The SMILES string of the molecule is Cc1cc(=O)[nH]c(SC(C)C(=O)N(CCN(C)C)Cc2ccc(C)s2)n1. The molecule has 1 unspecified atom stereocenters. The number of thiophene rings is 1. The molecular formula is C18H26N4O2S2. The molecule has 0 bridgehead atoms. The maximum atomic E-state index is 13.0. The fourth-order valence-electron chi connectivity index (χ4n) is 2.43. The standard InChI is InChI=1S/C18H26N4O2S2/c1-12-10-16(23)20-18(19-12)26-14(3)17(24)22(9-8-21(4)5)11-15-7-6-13(2)25-15/h6-7,10,14H,8-9,11H2,1-5H3,(H,19,20,23). The first-order chi connectivity index (χ1) is 12.2. The molecule has 2 rings (SSSR count). The number of thioether (sulfide) groups is 1. The molecule has 0 saturated carbocycles. The third-order valence-corrected chi connectivity index (χ3v) is 5.71. The van der Waals surface area contributed by atoms with E-state index in [0.29, 0.717) is 23.9 Å². The monoisotopic (exact) mass is 394 g/mol. The first-order valence-corrected chi connectivity index (χ1v) is 10.2. The maximum Gasteiger partial charge on any atom is 0.251 e. The quantitative estimate of drug-likeness (QED) is 0.550. The summed E-state index contributed by atoms with van der Waals surface area (Å²) in [5.41, 5.74) is 0.451. The fraction of sp³-hybridized carbons (Fsp3) is 0.500. The van der Waals surface area contributed by atoms with E-state index in [1.165, 1.54) is 27.6 Å².